The molecule has 11 heteroatoms. The summed E-state index contributed by atoms with van der Waals surface area (Å²) < 4.78 is 40.1. The molecule has 1 fully saturated rings. The first-order valence-corrected chi connectivity index (χ1v) is 10.2. The van der Waals surface area contributed by atoms with Crippen molar-refractivity contribution in [2.24, 2.45) is 0 Å². The molecule has 1 aliphatic heterocycles. The molecule has 176 valence electrons. The van der Waals surface area contributed by atoms with E-state index < -0.39 is 48.5 Å². The van der Waals surface area contributed by atoms with E-state index in [9.17, 15) is 28.3 Å². The van der Waals surface area contributed by atoms with Crippen molar-refractivity contribution < 1.29 is 33.0 Å². The zero-order valence-electron chi connectivity index (χ0n) is 17.5. The van der Waals surface area contributed by atoms with Crippen LogP contribution in [0.3, 0.4) is 0 Å². The number of nitrogens with one attached hydrogen (secondary N) is 1. The first-order valence-electron chi connectivity index (χ1n) is 10.2. The van der Waals surface area contributed by atoms with E-state index in [4.69, 9.17) is 9.47 Å². The summed E-state index contributed by atoms with van der Waals surface area (Å²) in [5.41, 5.74) is -0.619. The smallest absolute Gasteiger partial charge is 0.351 e. The number of hydrogen-bond donors (Lipinski definition) is 2. The van der Waals surface area contributed by atoms with E-state index in [-0.39, 0.29) is 11.4 Å². The Hall–Kier alpha value is -3.96. The Kier molecular flexibility index (Phi) is 6.48. The number of nitrogens with zero attached hydrogens (tertiary/aromatic N) is 2. The SMILES string of the molecule is O=C(Nc1ccn([C@@H]2O[C@H](COC(=O)c3ccccc3)[C@@H](O)C2(F)F)c(=O)n1)c1ccccc1. The summed E-state index contributed by atoms with van der Waals surface area (Å²) in [6, 6.07) is 17.1. The first-order chi connectivity index (χ1) is 16.3. The van der Waals surface area contributed by atoms with Gasteiger partial charge in [0.25, 0.3) is 5.91 Å². The Balaban J connectivity index is 1.46. The van der Waals surface area contributed by atoms with E-state index in [0.717, 1.165) is 12.3 Å². The molecule has 0 aliphatic carbocycles. The van der Waals surface area contributed by atoms with E-state index in [0.29, 0.717) is 10.1 Å². The van der Waals surface area contributed by atoms with Crippen LogP contribution in [0.15, 0.2) is 77.7 Å². The van der Waals surface area contributed by atoms with Crippen LogP contribution < -0.4 is 11.0 Å². The van der Waals surface area contributed by atoms with Gasteiger partial charge in [0.05, 0.1) is 5.56 Å². The van der Waals surface area contributed by atoms with Crippen LogP contribution in [0, 0.1) is 0 Å². The average Bonchev–Trinajstić information content (AvgIpc) is 3.07. The molecule has 2 N–H and O–H groups in total. The van der Waals surface area contributed by atoms with E-state index in [1.54, 1.807) is 48.5 Å². The highest BCUT2D eigenvalue weighted by Crippen LogP contribution is 2.42. The van der Waals surface area contributed by atoms with Crippen molar-refractivity contribution in [3.63, 3.8) is 0 Å². The molecule has 1 aromatic heterocycles. The second-order valence-electron chi connectivity index (χ2n) is 7.43. The monoisotopic (exact) mass is 471 g/mol. The summed E-state index contributed by atoms with van der Waals surface area (Å²) in [6.45, 7) is -0.658. The summed E-state index contributed by atoms with van der Waals surface area (Å²) in [6.07, 6.45) is -5.15. The number of halogens is 2. The summed E-state index contributed by atoms with van der Waals surface area (Å²) in [5, 5.41) is 12.5. The standard InChI is InChI=1S/C23H19F2N3O6/c24-23(25)18(29)16(13-33-20(31)15-9-5-2-6-10-15)34-21(23)28-12-11-17(27-22(28)32)26-19(30)14-7-3-1-4-8-14/h1-12,16,18,21,29H,13H2,(H,26,27,30,32)/t16-,18-,21-/m1/s1. The molecule has 0 bridgehead atoms. The Labute approximate surface area is 191 Å². The van der Waals surface area contributed by atoms with Crippen molar-refractivity contribution in [1.29, 1.82) is 0 Å². The molecule has 9 nitrogen and oxygen atoms in total. The highest BCUT2D eigenvalue weighted by atomic mass is 19.3. The Morgan fingerprint density at radius 2 is 1.68 bits per heavy atom. The minimum Gasteiger partial charge on any atom is -0.459 e. The van der Waals surface area contributed by atoms with Crippen LogP contribution >= 0.6 is 0 Å². The van der Waals surface area contributed by atoms with Crippen molar-refractivity contribution in [2.75, 3.05) is 11.9 Å². The fraction of sp³-hybridized carbons (Fsp3) is 0.217. The fourth-order valence-corrected chi connectivity index (χ4v) is 3.36. The van der Waals surface area contributed by atoms with E-state index in [1.165, 1.54) is 12.1 Å². The molecule has 0 radical (unpaired) electrons. The number of benzene rings is 2. The Morgan fingerprint density at radius 1 is 1.06 bits per heavy atom. The maximum atomic E-state index is 14.7. The minimum absolute atomic E-state index is 0.148. The topological polar surface area (TPSA) is 120 Å². The van der Waals surface area contributed by atoms with Gasteiger partial charge in [0.15, 0.2) is 6.10 Å². The number of anilines is 1. The van der Waals surface area contributed by atoms with Gasteiger partial charge in [-0.15, -0.1) is 0 Å². The van der Waals surface area contributed by atoms with Crippen LogP contribution in [0.2, 0.25) is 0 Å². The van der Waals surface area contributed by atoms with Gasteiger partial charge in [-0.2, -0.15) is 13.8 Å². The third-order valence-electron chi connectivity index (χ3n) is 5.13. The van der Waals surface area contributed by atoms with Gasteiger partial charge in [0.1, 0.15) is 18.5 Å². The second-order valence-corrected chi connectivity index (χ2v) is 7.43. The highest BCUT2D eigenvalue weighted by molar-refractivity contribution is 6.03. The summed E-state index contributed by atoms with van der Waals surface area (Å²) >= 11 is 0. The van der Waals surface area contributed by atoms with Gasteiger partial charge in [-0.25, -0.2) is 9.59 Å². The molecule has 2 aromatic carbocycles. The van der Waals surface area contributed by atoms with Gasteiger partial charge in [-0.05, 0) is 30.3 Å². The summed E-state index contributed by atoms with van der Waals surface area (Å²) in [5.74, 6) is -5.35. The van der Waals surface area contributed by atoms with E-state index in [1.807, 2.05) is 0 Å². The number of carbonyl (C=O) groups is 2. The third-order valence-corrected chi connectivity index (χ3v) is 5.13. The predicted molar refractivity (Wildman–Crippen MR) is 114 cm³/mol. The number of esters is 1. The lowest BCUT2D eigenvalue weighted by atomic mass is 10.1. The first kappa shape index (κ1) is 23.2. The number of carbonyl (C=O) groups excluding carboxylic acids is 2. The van der Waals surface area contributed by atoms with E-state index >= 15 is 0 Å². The fourth-order valence-electron chi connectivity index (χ4n) is 3.36. The van der Waals surface area contributed by atoms with Gasteiger partial charge < -0.3 is 19.9 Å². The number of alkyl halides is 2. The van der Waals surface area contributed by atoms with Crippen molar-refractivity contribution in [2.45, 2.75) is 24.4 Å². The molecule has 1 amide bonds. The molecule has 1 saturated heterocycles. The molecular weight excluding hydrogens is 452 g/mol. The zero-order chi connectivity index (χ0) is 24.3. The van der Waals surface area contributed by atoms with Gasteiger partial charge in [-0.1, -0.05) is 36.4 Å². The van der Waals surface area contributed by atoms with Crippen LogP contribution in [-0.4, -0.2) is 51.3 Å². The Bertz CT molecular complexity index is 1240. The lowest BCUT2D eigenvalue weighted by molar-refractivity contribution is -0.141. The number of aliphatic hydroxyl groups is 1. The quantitative estimate of drug-likeness (QED) is 0.529. The minimum atomic E-state index is -3.88. The van der Waals surface area contributed by atoms with Crippen LogP contribution in [-0.2, 0) is 9.47 Å². The largest absolute Gasteiger partial charge is 0.459 e. The third kappa shape index (κ3) is 4.70. The number of aromatic nitrogens is 2. The van der Waals surface area contributed by atoms with E-state index in [2.05, 4.69) is 10.3 Å². The molecule has 4 rings (SSSR count). The lowest BCUT2D eigenvalue weighted by Crippen LogP contribution is -2.42. The van der Waals surface area contributed by atoms with Crippen molar-refractivity contribution in [3.05, 3.63) is 94.5 Å². The molecule has 3 aromatic rings. The lowest BCUT2D eigenvalue weighted by Gasteiger charge is -2.21. The molecule has 3 atom stereocenters. The maximum absolute atomic E-state index is 14.7. The van der Waals surface area contributed by atoms with Gasteiger partial charge in [0.2, 0.25) is 6.23 Å². The second kappa shape index (κ2) is 9.49. The number of rotatable bonds is 6. The molecule has 0 unspecified atom stereocenters. The van der Waals surface area contributed by atoms with Crippen LogP contribution in [0.1, 0.15) is 26.9 Å². The summed E-state index contributed by atoms with van der Waals surface area (Å²) in [4.78, 5) is 40.3. The number of aliphatic hydroxyl groups excluding tert-OH is 1. The average molecular weight is 471 g/mol. The van der Waals surface area contributed by atoms with Crippen LogP contribution in [0.5, 0.6) is 0 Å². The molecule has 34 heavy (non-hydrogen) atoms. The van der Waals surface area contributed by atoms with Gasteiger partial charge >= 0.3 is 17.6 Å². The molecular formula is C23H19F2N3O6. The molecule has 2 heterocycles. The maximum Gasteiger partial charge on any atom is 0.351 e. The molecule has 0 spiro atoms. The molecule has 0 saturated carbocycles. The number of hydrogen-bond acceptors (Lipinski definition) is 7. The summed E-state index contributed by atoms with van der Waals surface area (Å²) in [7, 11) is 0. The van der Waals surface area contributed by atoms with Crippen LogP contribution in [0.25, 0.3) is 0 Å². The normalized spacial score (nSPS) is 21.1. The zero-order valence-corrected chi connectivity index (χ0v) is 17.5. The molecule has 1 aliphatic rings. The number of amides is 1. The van der Waals surface area contributed by atoms with Crippen LogP contribution in [0.4, 0.5) is 14.6 Å². The van der Waals surface area contributed by atoms with Gasteiger partial charge in [0, 0.05) is 11.8 Å². The Morgan fingerprint density at radius 3 is 2.29 bits per heavy atom. The predicted octanol–water partition coefficient (Wildman–Crippen LogP) is 2.25. The van der Waals surface area contributed by atoms with Crippen molar-refractivity contribution >= 4 is 17.7 Å². The highest BCUT2D eigenvalue weighted by Gasteiger charge is 2.60. The van der Waals surface area contributed by atoms with Gasteiger partial charge in [-0.3, -0.25) is 9.36 Å². The van der Waals surface area contributed by atoms with Crippen molar-refractivity contribution in [1.82, 2.24) is 9.55 Å². The van der Waals surface area contributed by atoms with Crippen molar-refractivity contribution in [3.8, 4) is 0 Å². The number of ether oxygens (including phenoxy) is 2.